The van der Waals surface area contributed by atoms with Gasteiger partial charge in [-0.2, -0.15) is 18.4 Å². The molecule has 3 aromatic rings. The fourth-order valence-corrected chi connectivity index (χ4v) is 5.41. The van der Waals surface area contributed by atoms with Crippen LogP contribution in [-0.4, -0.2) is 38.8 Å². The van der Waals surface area contributed by atoms with Crippen LogP contribution in [-0.2, 0) is 11.0 Å². The van der Waals surface area contributed by atoms with Gasteiger partial charge in [0.2, 0.25) is 17.4 Å². The van der Waals surface area contributed by atoms with Crippen molar-refractivity contribution < 1.29 is 37.0 Å². The average Bonchev–Trinajstić information content (AvgIpc) is 3.20. The number of anilines is 2. The molecule has 0 aliphatic rings. The van der Waals surface area contributed by atoms with Crippen LogP contribution in [0.5, 0.6) is 17.2 Å². The van der Waals surface area contributed by atoms with Gasteiger partial charge in [0, 0.05) is 11.3 Å². The normalized spacial score (nSPS) is 10.9. The summed E-state index contributed by atoms with van der Waals surface area (Å²) in [6, 6.07) is 9.06. The Morgan fingerprint density at radius 1 is 1.11 bits per heavy atom. The number of carbonyl (C=O) groups is 2. The molecule has 13 heteroatoms. The second-order valence-corrected chi connectivity index (χ2v) is 9.54. The molecule has 1 heterocycles. The maximum Gasteiger partial charge on any atom is 0.416 e. The Morgan fingerprint density at radius 3 is 2.30 bits per heavy atom. The molecular weight excluding hydrogens is 531 g/mol. The number of nitrogens with one attached hydrogen (secondary N) is 1. The van der Waals surface area contributed by atoms with Gasteiger partial charge >= 0.3 is 6.18 Å². The molecule has 0 unspecified atom stereocenters. The number of carbonyl (C=O) groups excluding carboxylic acids is 2. The zero-order valence-electron chi connectivity index (χ0n) is 19.7. The summed E-state index contributed by atoms with van der Waals surface area (Å²) in [5, 5.41) is 12.0. The third kappa shape index (κ3) is 6.10. The Bertz CT molecular complexity index is 1360. The van der Waals surface area contributed by atoms with E-state index in [4.69, 9.17) is 19.9 Å². The zero-order chi connectivity index (χ0) is 27.3. The number of halogens is 3. The Kier molecular flexibility index (Phi) is 8.57. The summed E-state index contributed by atoms with van der Waals surface area (Å²) < 4.78 is 54.8. The van der Waals surface area contributed by atoms with Gasteiger partial charge in [0.25, 0.3) is 0 Å². The molecule has 8 nitrogen and oxygen atoms in total. The SMILES string of the molecule is COc1cc(C(=O)c2sc(SCC(=O)Nc3cccc(C(F)(F)F)c3)c(C#N)c2N)cc(OC)c1OC. The topological polar surface area (TPSA) is 124 Å². The Morgan fingerprint density at radius 2 is 1.76 bits per heavy atom. The molecule has 0 spiro atoms. The molecule has 37 heavy (non-hydrogen) atoms. The number of thioether (sulfide) groups is 1. The molecular formula is C24H20F3N3O5S2. The van der Waals surface area contributed by atoms with Gasteiger partial charge in [0.15, 0.2) is 11.5 Å². The zero-order valence-corrected chi connectivity index (χ0v) is 21.3. The average molecular weight is 552 g/mol. The van der Waals surface area contributed by atoms with Crippen molar-refractivity contribution in [3.63, 3.8) is 0 Å². The molecule has 194 valence electrons. The number of rotatable bonds is 9. The molecule has 0 aliphatic heterocycles. The molecule has 1 aromatic heterocycles. The van der Waals surface area contributed by atoms with Crippen LogP contribution in [0.2, 0.25) is 0 Å². The molecule has 1 amide bonds. The maximum absolute atomic E-state index is 13.3. The number of amides is 1. The smallest absolute Gasteiger partial charge is 0.416 e. The van der Waals surface area contributed by atoms with Crippen molar-refractivity contribution in [3.8, 4) is 23.3 Å². The number of alkyl halides is 3. The van der Waals surface area contributed by atoms with E-state index in [0.717, 1.165) is 35.2 Å². The van der Waals surface area contributed by atoms with E-state index in [2.05, 4.69) is 5.32 Å². The van der Waals surface area contributed by atoms with Crippen LogP contribution in [0.4, 0.5) is 24.5 Å². The highest BCUT2D eigenvalue weighted by Gasteiger charge is 2.30. The van der Waals surface area contributed by atoms with Crippen molar-refractivity contribution in [2.24, 2.45) is 0 Å². The summed E-state index contributed by atoms with van der Waals surface area (Å²) in [6.07, 6.45) is -4.55. The number of hydrogen-bond acceptors (Lipinski definition) is 9. The predicted octanol–water partition coefficient (Wildman–Crippen LogP) is 5.21. The van der Waals surface area contributed by atoms with E-state index >= 15 is 0 Å². The van der Waals surface area contributed by atoms with Crippen LogP contribution in [0, 0.1) is 11.3 Å². The number of nitrogens with two attached hydrogens (primary N) is 1. The van der Waals surface area contributed by atoms with Gasteiger partial charge in [-0.25, -0.2) is 0 Å². The van der Waals surface area contributed by atoms with Gasteiger partial charge in [-0.1, -0.05) is 6.07 Å². The monoisotopic (exact) mass is 551 g/mol. The number of benzene rings is 2. The third-order valence-electron chi connectivity index (χ3n) is 4.97. The first-order valence-corrected chi connectivity index (χ1v) is 12.1. The largest absolute Gasteiger partial charge is 0.493 e. The third-order valence-corrected chi connectivity index (χ3v) is 7.44. The van der Waals surface area contributed by atoms with E-state index in [-0.39, 0.29) is 44.6 Å². The summed E-state index contributed by atoms with van der Waals surface area (Å²) in [5.74, 6) is -0.538. The van der Waals surface area contributed by atoms with E-state index in [9.17, 15) is 28.0 Å². The van der Waals surface area contributed by atoms with Crippen LogP contribution < -0.4 is 25.3 Å². The Hall–Kier alpha value is -3.89. The lowest BCUT2D eigenvalue weighted by molar-refractivity contribution is -0.137. The quantitative estimate of drug-likeness (QED) is 0.275. The van der Waals surface area contributed by atoms with E-state index in [1.807, 2.05) is 6.07 Å². The second-order valence-electron chi connectivity index (χ2n) is 7.28. The van der Waals surface area contributed by atoms with Crippen molar-refractivity contribution in [2.45, 2.75) is 10.4 Å². The van der Waals surface area contributed by atoms with E-state index in [1.165, 1.54) is 45.6 Å². The highest BCUT2D eigenvalue weighted by Crippen LogP contribution is 2.42. The van der Waals surface area contributed by atoms with Crippen molar-refractivity contribution in [1.82, 2.24) is 0 Å². The van der Waals surface area contributed by atoms with E-state index < -0.39 is 23.4 Å². The number of methoxy groups -OCH3 is 3. The lowest BCUT2D eigenvalue weighted by atomic mass is 10.1. The van der Waals surface area contributed by atoms with Gasteiger partial charge in [-0.05, 0) is 30.3 Å². The Balaban J connectivity index is 1.82. The lowest BCUT2D eigenvalue weighted by Gasteiger charge is -2.13. The summed E-state index contributed by atoms with van der Waals surface area (Å²) in [4.78, 5) is 25.7. The van der Waals surface area contributed by atoms with Gasteiger partial charge < -0.3 is 25.3 Å². The minimum Gasteiger partial charge on any atom is -0.493 e. The minimum atomic E-state index is -4.55. The molecule has 0 saturated carbocycles. The van der Waals surface area contributed by atoms with Crippen LogP contribution >= 0.6 is 23.1 Å². The molecule has 0 radical (unpaired) electrons. The molecule has 0 bridgehead atoms. The first-order chi connectivity index (χ1) is 17.5. The van der Waals surface area contributed by atoms with Crippen molar-refractivity contribution in [1.29, 1.82) is 5.26 Å². The summed E-state index contributed by atoms with van der Waals surface area (Å²) in [6.45, 7) is 0. The molecule has 3 N–H and O–H groups in total. The molecule has 0 fully saturated rings. The van der Waals surface area contributed by atoms with E-state index in [0.29, 0.717) is 9.96 Å². The van der Waals surface area contributed by atoms with Crippen LogP contribution in [0.15, 0.2) is 40.6 Å². The van der Waals surface area contributed by atoms with Gasteiger partial charge in [-0.3, -0.25) is 9.59 Å². The second kappa shape index (κ2) is 11.4. The van der Waals surface area contributed by atoms with E-state index in [1.54, 1.807) is 0 Å². The molecule has 0 aliphatic carbocycles. The highest BCUT2D eigenvalue weighted by atomic mass is 32.2. The molecule has 0 atom stereocenters. The number of nitriles is 1. The summed E-state index contributed by atoms with van der Waals surface area (Å²) >= 11 is 1.87. The molecule has 2 aromatic carbocycles. The standard InChI is InChI=1S/C24H20F3N3O5S2/c1-33-16-7-12(8-17(34-2)21(16)35-3)20(32)22-19(29)15(10-28)23(37-22)36-11-18(31)30-14-6-4-5-13(9-14)24(25,26)27/h4-9H,11,29H2,1-3H3,(H,30,31). The number of nitrogens with zero attached hydrogens (tertiary/aromatic N) is 1. The minimum absolute atomic E-state index is 0.0232. The highest BCUT2D eigenvalue weighted by molar-refractivity contribution is 8.01. The van der Waals surface area contributed by atoms with Crippen molar-refractivity contribution in [2.75, 3.05) is 38.1 Å². The molecule has 3 rings (SSSR count). The van der Waals surface area contributed by atoms with Crippen molar-refractivity contribution >= 4 is 46.2 Å². The molecule has 0 saturated heterocycles. The number of ether oxygens (including phenoxy) is 3. The number of ketones is 1. The fourth-order valence-electron chi connectivity index (χ4n) is 3.24. The number of thiophene rings is 1. The van der Waals surface area contributed by atoms with Crippen molar-refractivity contribution in [3.05, 3.63) is 58.0 Å². The maximum atomic E-state index is 13.3. The first-order valence-electron chi connectivity index (χ1n) is 10.3. The van der Waals surface area contributed by atoms with Crippen LogP contribution in [0.25, 0.3) is 0 Å². The summed E-state index contributed by atoms with van der Waals surface area (Å²) in [7, 11) is 4.22. The van der Waals surface area contributed by atoms with Crippen LogP contribution in [0.3, 0.4) is 0 Å². The van der Waals surface area contributed by atoms with Gasteiger partial charge in [0.1, 0.15) is 16.5 Å². The Labute approximate surface area is 218 Å². The lowest BCUT2D eigenvalue weighted by Crippen LogP contribution is -2.15. The number of hydrogen-bond donors (Lipinski definition) is 2. The van der Waals surface area contributed by atoms with Gasteiger partial charge in [0.05, 0.1) is 42.5 Å². The fraction of sp³-hybridized carbons (Fsp3) is 0.208. The van der Waals surface area contributed by atoms with Crippen LogP contribution in [0.1, 0.15) is 26.4 Å². The number of nitrogen functional groups attached to an aromatic ring is 1. The predicted molar refractivity (Wildman–Crippen MR) is 134 cm³/mol. The van der Waals surface area contributed by atoms with Gasteiger partial charge in [-0.15, -0.1) is 23.1 Å². The summed E-state index contributed by atoms with van der Waals surface area (Å²) in [5.41, 5.74) is 5.32. The first kappa shape index (κ1) is 27.7.